The van der Waals surface area contributed by atoms with Gasteiger partial charge in [-0.2, -0.15) is 9.50 Å². The van der Waals surface area contributed by atoms with Crippen molar-refractivity contribution in [2.24, 2.45) is 0 Å². The summed E-state index contributed by atoms with van der Waals surface area (Å²) in [4.78, 5) is 17.9. The molecule has 0 aliphatic carbocycles. The Morgan fingerprint density at radius 2 is 1.64 bits per heavy atom. The number of thiazole rings is 1. The lowest BCUT2D eigenvalue weighted by atomic mass is 10.2. The van der Waals surface area contributed by atoms with Gasteiger partial charge in [-0.1, -0.05) is 59.9 Å². The molecule has 5 aromatic rings. The van der Waals surface area contributed by atoms with Crippen molar-refractivity contribution in [1.82, 2.24) is 14.6 Å². The van der Waals surface area contributed by atoms with Crippen molar-refractivity contribution in [3.63, 3.8) is 0 Å². The van der Waals surface area contributed by atoms with E-state index in [0.29, 0.717) is 21.1 Å². The van der Waals surface area contributed by atoms with Crippen molar-refractivity contribution in [1.29, 1.82) is 0 Å². The molecule has 0 saturated heterocycles. The van der Waals surface area contributed by atoms with Crippen LogP contribution in [-0.2, 0) is 0 Å². The summed E-state index contributed by atoms with van der Waals surface area (Å²) in [6, 6.07) is 24.8. The number of ether oxygens (including phenoxy) is 2. The lowest BCUT2D eigenvalue weighted by molar-refractivity contribution is 0.415. The van der Waals surface area contributed by atoms with Crippen molar-refractivity contribution in [3.05, 3.63) is 111 Å². The minimum atomic E-state index is -0.194. The molecule has 0 unspecified atom stereocenters. The number of hydrogen-bond donors (Lipinski definition) is 0. The minimum absolute atomic E-state index is 0.194. The van der Waals surface area contributed by atoms with Crippen molar-refractivity contribution >= 4 is 34.5 Å². The molecule has 162 valence electrons. The van der Waals surface area contributed by atoms with Crippen LogP contribution in [0.4, 0.5) is 0 Å². The van der Waals surface area contributed by atoms with E-state index in [1.807, 2.05) is 91.0 Å². The molecule has 0 aliphatic heterocycles. The van der Waals surface area contributed by atoms with E-state index in [1.165, 1.54) is 15.9 Å². The molecule has 0 aliphatic rings. The van der Waals surface area contributed by atoms with Crippen LogP contribution < -0.4 is 19.6 Å². The monoisotopic (exact) mass is 453 g/mol. The summed E-state index contributed by atoms with van der Waals surface area (Å²) < 4.78 is 13.0. The Balaban J connectivity index is 1.39. The molecule has 0 N–H and O–H groups in total. The fraction of sp³-hybridized carbons (Fsp3) is 0.0385. The highest BCUT2D eigenvalue weighted by Crippen LogP contribution is 2.22. The van der Waals surface area contributed by atoms with E-state index in [1.54, 1.807) is 13.2 Å². The average Bonchev–Trinajstić information content (AvgIpc) is 3.37. The summed E-state index contributed by atoms with van der Waals surface area (Å²) in [5.41, 5.74) is 1.66. The van der Waals surface area contributed by atoms with Crippen LogP contribution in [0, 0.1) is 0 Å². The molecular formula is C26H19N3O3S. The largest absolute Gasteiger partial charge is 0.497 e. The zero-order chi connectivity index (χ0) is 22.6. The molecule has 6 nitrogen and oxygen atoms in total. The molecule has 0 bridgehead atoms. The fourth-order valence-electron chi connectivity index (χ4n) is 3.25. The third-order valence-electron chi connectivity index (χ3n) is 4.87. The molecule has 0 radical (unpaired) electrons. The van der Waals surface area contributed by atoms with E-state index in [9.17, 15) is 4.79 Å². The van der Waals surface area contributed by atoms with Crippen molar-refractivity contribution in [2.75, 3.05) is 7.11 Å². The maximum Gasteiger partial charge on any atom is 0.291 e. The molecule has 7 heteroatoms. The summed E-state index contributed by atoms with van der Waals surface area (Å²) in [6.45, 7) is 0. The smallest absolute Gasteiger partial charge is 0.291 e. The minimum Gasteiger partial charge on any atom is -0.497 e. The molecule has 0 atom stereocenters. The molecule has 33 heavy (non-hydrogen) atoms. The lowest BCUT2D eigenvalue weighted by Crippen LogP contribution is -2.23. The second kappa shape index (κ2) is 9.10. The molecule has 2 aromatic heterocycles. The Hall–Kier alpha value is -4.23. The van der Waals surface area contributed by atoms with Crippen LogP contribution in [0.15, 0.2) is 83.7 Å². The Bertz CT molecular complexity index is 1540. The van der Waals surface area contributed by atoms with Crippen molar-refractivity contribution < 1.29 is 9.47 Å². The van der Waals surface area contributed by atoms with Gasteiger partial charge < -0.3 is 9.47 Å². The normalized spacial score (nSPS) is 12.0. The number of nitrogens with zero attached hydrogens (tertiary/aromatic N) is 3. The van der Waals surface area contributed by atoms with Crippen molar-refractivity contribution in [3.8, 4) is 17.2 Å². The summed E-state index contributed by atoms with van der Waals surface area (Å²) in [6.07, 6.45) is 5.51. The highest BCUT2D eigenvalue weighted by molar-refractivity contribution is 7.15. The van der Waals surface area contributed by atoms with Crippen LogP contribution >= 0.6 is 11.3 Å². The highest BCUT2D eigenvalue weighted by atomic mass is 32.1. The molecule has 0 amide bonds. The number of para-hydroxylation sites is 1. The maximum atomic E-state index is 12.8. The van der Waals surface area contributed by atoms with Gasteiger partial charge in [-0.05, 0) is 59.7 Å². The fourth-order valence-corrected chi connectivity index (χ4v) is 4.16. The first-order chi connectivity index (χ1) is 16.2. The third-order valence-corrected chi connectivity index (χ3v) is 5.83. The van der Waals surface area contributed by atoms with Crippen LogP contribution in [0.1, 0.15) is 17.0 Å². The van der Waals surface area contributed by atoms with Gasteiger partial charge in [-0.3, -0.25) is 4.79 Å². The third kappa shape index (κ3) is 4.68. The first-order valence-electron chi connectivity index (χ1n) is 10.2. The molecule has 0 spiro atoms. The van der Waals surface area contributed by atoms with Crippen LogP contribution in [-0.4, -0.2) is 21.7 Å². The van der Waals surface area contributed by atoms with Crippen LogP contribution in [0.3, 0.4) is 0 Å². The number of fused-ring (bicyclic) bond motifs is 1. The zero-order valence-corrected chi connectivity index (χ0v) is 18.5. The van der Waals surface area contributed by atoms with E-state index in [-0.39, 0.29) is 5.56 Å². The lowest BCUT2D eigenvalue weighted by Gasteiger charge is -2.05. The number of aromatic nitrogens is 3. The first-order valence-corrected chi connectivity index (χ1v) is 11.1. The summed E-state index contributed by atoms with van der Waals surface area (Å²) >= 11 is 1.31. The van der Waals surface area contributed by atoms with Gasteiger partial charge in [0.1, 0.15) is 17.2 Å². The van der Waals surface area contributed by atoms with E-state index in [2.05, 4.69) is 10.1 Å². The Labute approximate surface area is 193 Å². The van der Waals surface area contributed by atoms with Gasteiger partial charge in [-0.25, -0.2) is 0 Å². The topological polar surface area (TPSA) is 65.7 Å². The van der Waals surface area contributed by atoms with Gasteiger partial charge in [0.05, 0.1) is 11.6 Å². The van der Waals surface area contributed by atoms with Gasteiger partial charge in [0.25, 0.3) is 5.56 Å². The molecule has 5 rings (SSSR count). The second-order valence-corrected chi connectivity index (χ2v) is 8.18. The van der Waals surface area contributed by atoms with Gasteiger partial charge in [0.15, 0.2) is 5.82 Å². The number of rotatable bonds is 6. The molecule has 0 saturated carbocycles. The van der Waals surface area contributed by atoms with Crippen LogP contribution in [0.25, 0.3) is 23.2 Å². The summed E-state index contributed by atoms with van der Waals surface area (Å²) in [5.74, 6) is 2.74. The van der Waals surface area contributed by atoms with E-state index in [0.717, 1.165) is 22.6 Å². The SMILES string of the molecule is COc1ccc(/C=C/c2nc3s/c(=C/c4cccc(Oc5ccccc5)c4)c(=O)n3n2)cc1. The second-order valence-electron chi connectivity index (χ2n) is 7.17. The van der Waals surface area contributed by atoms with Crippen LogP contribution in [0.5, 0.6) is 17.2 Å². The van der Waals surface area contributed by atoms with E-state index in [4.69, 9.17) is 9.47 Å². The zero-order valence-electron chi connectivity index (χ0n) is 17.7. The first kappa shape index (κ1) is 20.7. The molecule has 3 aromatic carbocycles. The summed E-state index contributed by atoms with van der Waals surface area (Å²) in [7, 11) is 1.63. The molecular weight excluding hydrogens is 434 g/mol. The quantitative estimate of drug-likeness (QED) is 0.374. The molecule has 2 heterocycles. The number of methoxy groups -OCH3 is 1. The standard InChI is InChI=1S/C26H19N3O3S/c1-31-20-13-10-18(11-14-20)12-15-24-27-26-29(28-24)25(30)23(33-26)17-19-6-5-9-22(16-19)32-21-7-3-2-4-8-21/h2-17H,1H3/b15-12+,23-17+. The maximum absolute atomic E-state index is 12.8. The van der Waals surface area contributed by atoms with Gasteiger partial charge in [0, 0.05) is 0 Å². The van der Waals surface area contributed by atoms with Crippen LogP contribution in [0.2, 0.25) is 0 Å². The molecule has 0 fully saturated rings. The van der Waals surface area contributed by atoms with Gasteiger partial charge >= 0.3 is 0 Å². The van der Waals surface area contributed by atoms with Gasteiger partial charge in [0.2, 0.25) is 4.96 Å². The Morgan fingerprint density at radius 3 is 2.39 bits per heavy atom. The van der Waals surface area contributed by atoms with E-state index >= 15 is 0 Å². The predicted octanol–water partition coefficient (Wildman–Crippen LogP) is 4.67. The summed E-state index contributed by atoms with van der Waals surface area (Å²) in [5, 5.41) is 4.34. The Kier molecular flexibility index (Phi) is 5.70. The van der Waals surface area contributed by atoms with E-state index < -0.39 is 0 Å². The Morgan fingerprint density at radius 1 is 0.848 bits per heavy atom. The average molecular weight is 454 g/mol. The predicted molar refractivity (Wildman–Crippen MR) is 131 cm³/mol. The van der Waals surface area contributed by atoms with Gasteiger partial charge in [-0.15, -0.1) is 5.10 Å². The highest BCUT2D eigenvalue weighted by Gasteiger charge is 2.09. The number of hydrogen-bond acceptors (Lipinski definition) is 6. The van der Waals surface area contributed by atoms with Crippen molar-refractivity contribution in [2.45, 2.75) is 0 Å². The number of benzene rings is 3.